The SMILES string of the molecule is CCCCCCCCCCCCCCCCOC[C@H](CO[C@@H]1OC(CN=[N+]=[N-])[C@@H](C)[C@H](C)C1C)O[C@@H]1OC(CN=[N+]=[N-])[C@@H](C)[C@H](C)C1C. The number of ether oxygens (including phenoxy) is 5. The second kappa shape index (κ2) is 25.4. The van der Waals surface area contributed by atoms with Gasteiger partial charge >= 0.3 is 0 Å². The van der Waals surface area contributed by atoms with E-state index in [1.165, 1.54) is 83.5 Å². The molecule has 11 heteroatoms. The molecule has 0 saturated carbocycles. The summed E-state index contributed by atoms with van der Waals surface area (Å²) in [6.45, 7) is 17.2. The summed E-state index contributed by atoms with van der Waals surface area (Å²) in [6.07, 6.45) is 16.9. The first-order chi connectivity index (χ1) is 23.2. The average Bonchev–Trinajstić information content (AvgIpc) is 3.09. The summed E-state index contributed by atoms with van der Waals surface area (Å²) in [7, 11) is 0. The quantitative estimate of drug-likeness (QED) is 0.0387. The molecule has 2 rings (SSSR count). The minimum Gasteiger partial charge on any atom is -0.379 e. The first-order valence-corrected chi connectivity index (χ1v) is 19.4. The molecule has 0 aromatic rings. The topological polar surface area (TPSA) is 144 Å². The molecule has 0 aromatic carbocycles. The second-order valence-electron chi connectivity index (χ2n) is 14.8. The fourth-order valence-corrected chi connectivity index (χ4v) is 7.10. The Morgan fingerprint density at radius 3 is 1.48 bits per heavy atom. The number of nitrogens with zero attached hydrogens (tertiary/aromatic N) is 6. The van der Waals surface area contributed by atoms with Gasteiger partial charge in [-0.15, -0.1) is 0 Å². The molecule has 0 amide bonds. The van der Waals surface area contributed by atoms with Crippen LogP contribution in [0.1, 0.15) is 138 Å². The van der Waals surface area contributed by atoms with Gasteiger partial charge in [0.2, 0.25) is 0 Å². The zero-order valence-electron chi connectivity index (χ0n) is 31.5. The molecule has 11 nitrogen and oxygen atoms in total. The first-order valence-electron chi connectivity index (χ1n) is 19.4. The van der Waals surface area contributed by atoms with Crippen LogP contribution in [-0.2, 0) is 23.7 Å². The van der Waals surface area contributed by atoms with Gasteiger partial charge in [-0.05, 0) is 41.2 Å². The molecule has 0 aliphatic carbocycles. The summed E-state index contributed by atoms with van der Waals surface area (Å²) >= 11 is 0. The van der Waals surface area contributed by atoms with E-state index in [0.717, 1.165) is 6.42 Å². The predicted octanol–water partition coefficient (Wildman–Crippen LogP) is 10.8. The lowest BCUT2D eigenvalue weighted by molar-refractivity contribution is -0.290. The van der Waals surface area contributed by atoms with E-state index in [1.807, 2.05) is 0 Å². The van der Waals surface area contributed by atoms with Gasteiger partial charge < -0.3 is 23.7 Å². The molecule has 2 fully saturated rings. The molecule has 4 unspecified atom stereocenters. The van der Waals surface area contributed by atoms with E-state index in [4.69, 9.17) is 34.7 Å². The van der Waals surface area contributed by atoms with Crippen LogP contribution in [0, 0.1) is 35.5 Å². The Balaban J connectivity index is 1.83. The van der Waals surface area contributed by atoms with Crippen molar-refractivity contribution in [2.75, 3.05) is 32.9 Å². The van der Waals surface area contributed by atoms with Gasteiger partial charge in [0.15, 0.2) is 12.6 Å². The third-order valence-electron chi connectivity index (χ3n) is 11.3. The van der Waals surface area contributed by atoms with Crippen molar-refractivity contribution in [2.24, 2.45) is 45.7 Å². The van der Waals surface area contributed by atoms with Crippen molar-refractivity contribution < 1.29 is 23.7 Å². The molecule has 2 heterocycles. The zero-order chi connectivity index (χ0) is 35.1. The highest BCUT2D eigenvalue weighted by atomic mass is 16.7. The van der Waals surface area contributed by atoms with Crippen LogP contribution in [-0.4, -0.2) is 63.8 Å². The maximum absolute atomic E-state index is 8.90. The Bertz CT molecular complexity index is 932. The lowest BCUT2D eigenvalue weighted by Crippen LogP contribution is -2.50. The highest BCUT2D eigenvalue weighted by Gasteiger charge is 2.42. The fourth-order valence-electron chi connectivity index (χ4n) is 7.10. The number of unbranched alkanes of at least 4 members (excludes halogenated alkanes) is 13. The molecule has 278 valence electrons. The molecular weight excluding hydrogens is 608 g/mol. The van der Waals surface area contributed by atoms with Crippen molar-refractivity contribution in [1.29, 1.82) is 0 Å². The molecule has 2 saturated heterocycles. The van der Waals surface area contributed by atoms with E-state index in [2.05, 4.69) is 68.5 Å². The Hall–Kier alpha value is -1.58. The minimum atomic E-state index is -0.463. The van der Waals surface area contributed by atoms with Crippen molar-refractivity contribution in [3.8, 4) is 0 Å². The summed E-state index contributed by atoms with van der Waals surface area (Å²) < 4.78 is 31.9. The lowest BCUT2D eigenvalue weighted by atomic mass is 9.79. The Morgan fingerprint density at radius 1 is 0.562 bits per heavy atom. The van der Waals surface area contributed by atoms with E-state index in [0.29, 0.717) is 31.7 Å². The standard InChI is InChI=1S/C37H70N6O5/c1-8-9-10-11-12-13-14-15-16-17-18-19-20-21-22-44-25-33(46-37-32(7)28(3)30(5)35(48-37)24-41-43-39)26-45-36-31(6)27(2)29(4)34(47-36)23-40-42-38/h27-37H,8-26H2,1-7H3/t27-,28-,29-,30-,31?,32?,33+,34?,35?,36+,37+/m0/s1. The van der Waals surface area contributed by atoms with Crippen molar-refractivity contribution in [3.05, 3.63) is 20.9 Å². The maximum atomic E-state index is 8.90. The third-order valence-corrected chi connectivity index (χ3v) is 11.3. The van der Waals surface area contributed by atoms with Crippen LogP contribution in [0.3, 0.4) is 0 Å². The van der Waals surface area contributed by atoms with Crippen molar-refractivity contribution >= 4 is 0 Å². The molecule has 48 heavy (non-hydrogen) atoms. The molecule has 0 N–H and O–H groups in total. The van der Waals surface area contributed by atoms with Gasteiger partial charge in [0, 0.05) is 28.3 Å². The molecule has 2 aliphatic heterocycles. The maximum Gasteiger partial charge on any atom is 0.161 e. The van der Waals surface area contributed by atoms with Crippen LogP contribution < -0.4 is 0 Å². The van der Waals surface area contributed by atoms with Gasteiger partial charge in [0.05, 0.1) is 38.5 Å². The predicted molar refractivity (Wildman–Crippen MR) is 192 cm³/mol. The number of hydrogen-bond donors (Lipinski definition) is 0. The van der Waals surface area contributed by atoms with Crippen LogP contribution in [0.4, 0.5) is 0 Å². The van der Waals surface area contributed by atoms with E-state index in [9.17, 15) is 0 Å². The molecule has 11 atom stereocenters. The van der Waals surface area contributed by atoms with Crippen molar-refractivity contribution in [3.63, 3.8) is 0 Å². The Labute approximate surface area is 292 Å². The van der Waals surface area contributed by atoms with Crippen LogP contribution >= 0.6 is 0 Å². The van der Waals surface area contributed by atoms with E-state index < -0.39 is 12.6 Å². The van der Waals surface area contributed by atoms with Gasteiger partial charge in [-0.25, -0.2) is 0 Å². The van der Waals surface area contributed by atoms with Gasteiger partial charge in [0.1, 0.15) is 6.10 Å². The number of azide groups is 2. The van der Waals surface area contributed by atoms with Crippen molar-refractivity contribution in [2.45, 2.75) is 169 Å². The number of rotatable bonds is 26. The van der Waals surface area contributed by atoms with Crippen LogP contribution in [0.5, 0.6) is 0 Å². The summed E-state index contributed by atoms with van der Waals surface area (Å²) in [5.74, 6) is 1.46. The monoisotopic (exact) mass is 679 g/mol. The smallest absolute Gasteiger partial charge is 0.161 e. The van der Waals surface area contributed by atoms with Gasteiger partial charge in [0.25, 0.3) is 0 Å². The summed E-state index contributed by atoms with van der Waals surface area (Å²) in [4.78, 5) is 5.88. The zero-order valence-corrected chi connectivity index (χ0v) is 31.5. The fraction of sp³-hybridized carbons (Fsp3) is 1.00. The summed E-state index contributed by atoms with van der Waals surface area (Å²) in [6, 6.07) is 0. The van der Waals surface area contributed by atoms with Gasteiger partial charge in [-0.1, -0.05) is 142 Å². The molecule has 0 bridgehead atoms. The highest BCUT2D eigenvalue weighted by Crippen LogP contribution is 2.38. The normalized spacial score (nSPS) is 31.1. The number of hydrogen-bond acceptors (Lipinski definition) is 7. The van der Waals surface area contributed by atoms with Crippen molar-refractivity contribution in [1.82, 2.24) is 0 Å². The average molecular weight is 679 g/mol. The van der Waals surface area contributed by atoms with Crippen LogP contribution in [0.15, 0.2) is 10.2 Å². The molecule has 0 radical (unpaired) electrons. The van der Waals surface area contributed by atoms with Crippen LogP contribution in [0.2, 0.25) is 0 Å². The molecule has 0 spiro atoms. The summed E-state index contributed by atoms with van der Waals surface area (Å²) in [5, 5.41) is 7.57. The molecular formula is C37H70N6O5. The first kappa shape index (κ1) is 42.6. The van der Waals surface area contributed by atoms with Gasteiger partial charge in [-0.2, -0.15) is 0 Å². The second-order valence-corrected chi connectivity index (χ2v) is 14.8. The Morgan fingerprint density at radius 2 is 1.00 bits per heavy atom. The van der Waals surface area contributed by atoms with E-state index in [1.54, 1.807) is 0 Å². The summed E-state index contributed by atoms with van der Waals surface area (Å²) in [5.41, 5.74) is 17.8. The molecule has 0 aromatic heterocycles. The molecule has 2 aliphatic rings. The third kappa shape index (κ3) is 15.5. The minimum absolute atomic E-state index is 0.148. The van der Waals surface area contributed by atoms with Gasteiger partial charge in [-0.3, -0.25) is 0 Å². The van der Waals surface area contributed by atoms with E-state index >= 15 is 0 Å². The Kier molecular flexibility index (Phi) is 22.5. The van der Waals surface area contributed by atoms with Crippen LogP contribution in [0.25, 0.3) is 20.9 Å². The highest BCUT2D eigenvalue weighted by molar-refractivity contribution is 4.86. The lowest BCUT2D eigenvalue weighted by Gasteiger charge is -2.45. The largest absolute Gasteiger partial charge is 0.379 e. The van der Waals surface area contributed by atoms with E-state index in [-0.39, 0.29) is 55.1 Å².